The van der Waals surface area contributed by atoms with E-state index in [1.807, 2.05) is 36.0 Å². The highest BCUT2D eigenvalue weighted by molar-refractivity contribution is 5.79. The second-order valence-corrected chi connectivity index (χ2v) is 6.14. The number of para-hydroxylation sites is 2. The van der Waals surface area contributed by atoms with Gasteiger partial charge < -0.3 is 4.90 Å². The third kappa shape index (κ3) is 2.73. The highest BCUT2D eigenvalue weighted by Gasteiger charge is 2.28. The van der Waals surface area contributed by atoms with Crippen LogP contribution in [0.1, 0.15) is 17.9 Å². The minimum atomic E-state index is -0.0578. The molecule has 4 rings (SSSR count). The summed E-state index contributed by atoms with van der Waals surface area (Å²) in [6.45, 7) is 1.05. The van der Waals surface area contributed by atoms with E-state index < -0.39 is 0 Å². The van der Waals surface area contributed by atoms with Crippen LogP contribution in [0.2, 0.25) is 0 Å². The monoisotopic (exact) mass is 322 g/mol. The molecule has 0 aliphatic carbocycles. The molecule has 122 valence electrons. The molecule has 3 heterocycles. The molecule has 2 aromatic heterocycles. The van der Waals surface area contributed by atoms with Gasteiger partial charge in [0, 0.05) is 13.5 Å². The van der Waals surface area contributed by atoms with Crippen molar-refractivity contribution in [3.05, 3.63) is 48.3 Å². The number of benzene rings is 1. The maximum atomic E-state index is 12.7. The number of carbonyl (C=O) groups is 1. The van der Waals surface area contributed by atoms with E-state index in [2.05, 4.69) is 20.1 Å². The van der Waals surface area contributed by atoms with Gasteiger partial charge in [-0.1, -0.05) is 12.1 Å². The molecule has 0 saturated heterocycles. The van der Waals surface area contributed by atoms with Gasteiger partial charge >= 0.3 is 0 Å². The number of hydrogen-bond acceptors (Lipinski definition) is 5. The quantitative estimate of drug-likeness (QED) is 0.729. The topological polar surface area (TPSA) is 76.8 Å². The largest absolute Gasteiger partial charge is 0.339 e. The molecule has 7 heteroatoms. The van der Waals surface area contributed by atoms with E-state index in [9.17, 15) is 4.79 Å². The van der Waals surface area contributed by atoms with Crippen molar-refractivity contribution in [3.8, 4) is 0 Å². The zero-order valence-electron chi connectivity index (χ0n) is 13.5. The number of amides is 1. The average molecular weight is 322 g/mol. The lowest BCUT2D eigenvalue weighted by Gasteiger charge is -2.26. The third-order valence-corrected chi connectivity index (χ3v) is 4.43. The maximum absolute atomic E-state index is 12.7. The van der Waals surface area contributed by atoms with Gasteiger partial charge in [0.05, 0.1) is 41.9 Å². The van der Waals surface area contributed by atoms with Crippen LogP contribution in [0.4, 0.5) is 0 Å². The Kier molecular flexibility index (Phi) is 3.68. The van der Waals surface area contributed by atoms with Crippen LogP contribution in [0.25, 0.3) is 11.0 Å². The van der Waals surface area contributed by atoms with Gasteiger partial charge in [0.1, 0.15) is 12.2 Å². The Labute approximate surface area is 139 Å². The minimum absolute atomic E-state index is 0.0578. The molecular formula is C17H18N6O. The van der Waals surface area contributed by atoms with E-state index in [1.165, 1.54) is 0 Å². The zero-order chi connectivity index (χ0) is 16.5. The van der Waals surface area contributed by atoms with Crippen LogP contribution in [0, 0.1) is 5.92 Å². The van der Waals surface area contributed by atoms with E-state index in [0.29, 0.717) is 13.1 Å². The fraction of sp³-hybridized carbons (Fsp3) is 0.353. The highest BCUT2D eigenvalue weighted by Crippen LogP contribution is 2.20. The van der Waals surface area contributed by atoms with E-state index >= 15 is 0 Å². The van der Waals surface area contributed by atoms with Crippen LogP contribution in [-0.4, -0.2) is 42.6 Å². The Balaban J connectivity index is 1.47. The number of nitrogens with zero attached hydrogens (tertiary/aromatic N) is 6. The summed E-state index contributed by atoms with van der Waals surface area (Å²) in [4.78, 5) is 27.6. The summed E-state index contributed by atoms with van der Waals surface area (Å²) in [5.41, 5.74) is 2.50. The molecule has 24 heavy (non-hydrogen) atoms. The predicted molar refractivity (Wildman–Crippen MR) is 87.8 cm³/mol. The third-order valence-electron chi connectivity index (χ3n) is 4.43. The van der Waals surface area contributed by atoms with Crippen molar-refractivity contribution in [3.63, 3.8) is 0 Å². The van der Waals surface area contributed by atoms with Crippen molar-refractivity contribution < 1.29 is 4.79 Å². The number of aryl methyl sites for hydroxylation is 1. The first-order chi connectivity index (χ1) is 11.7. The number of aromatic nitrogens is 5. The zero-order valence-corrected chi connectivity index (χ0v) is 13.5. The summed E-state index contributed by atoms with van der Waals surface area (Å²) in [6.07, 6.45) is 4.89. The molecule has 1 amide bonds. The van der Waals surface area contributed by atoms with Crippen molar-refractivity contribution >= 4 is 16.9 Å². The molecule has 3 aromatic rings. The molecule has 1 aromatic carbocycles. The second kappa shape index (κ2) is 5.99. The van der Waals surface area contributed by atoms with Crippen LogP contribution in [0.15, 0.2) is 36.8 Å². The Morgan fingerprint density at radius 3 is 3.00 bits per heavy atom. The number of fused-ring (bicyclic) bond motifs is 2. The molecule has 0 spiro atoms. The minimum Gasteiger partial charge on any atom is -0.339 e. The van der Waals surface area contributed by atoms with Gasteiger partial charge in [-0.3, -0.25) is 9.78 Å². The lowest BCUT2D eigenvalue weighted by molar-refractivity contribution is -0.135. The normalized spacial score (nSPS) is 16.8. The molecule has 1 unspecified atom stereocenters. The molecule has 0 N–H and O–H groups in total. The Hall–Kier alpha value is -2.83. The van der Waals surface area contributed by atoms with Crippen LogP contribution in [0.3, 0.4) is 0 Å². The van der Waals surface area contributed by atoms with E-state index in [4.69, 9.17) is 0 Å². The number of rotatable bonds is 3. The summed E-state index contributed by atoms with van der Waals surface area (Å²) in [7, 11) is 1.82. The van der Waals surface area contributed by atoms with Gasteiger partial charge in [-0.25, -0.2) is 14.6 Å². The van der Waals surface area contributed by atoms with Gasteiger partial charge in [-0.05, 0) is 18.6 Å². The Bertz CT molecular complexity index is 889. The molecule has 1 atom stereocenters. The summed E-state index contributed by atoms with van der Waals surface area (Å²) >= 11 is 0. The standard InChI is InChI=1S/C17H18N6O/c1-22(10-13-8-18-14-4-2-3-5-15(14)21-13)17(24)12-6-7-16-19-11-20-23(16)9-12/h2-5,8,11-12H,6-7,9-10H2,1H3. The molecule has 0 fully saturated rings. The lowest BCUT2D eigenvalue weighted by atomic mass is 9.98. The van der Waals surface area contributed by atoms with Crippen molar-refractivity contribution in [2.75, 3.05) is 7.05 Å². The molecular weight excluding hydrogens is 304 g/mol. The molecule has 7 nitrogen and oxygen atoms in total. The van der Waals surface area contributed by atoms with E-state index in [0.717, 1.165) is 35.4 Å². The Morgan fingerprint density at radius 2 is 2.12 bits per heavy atom. The lowest BCUT2D eigenvalue weighted by Crippen LogP contribution is -2.37. The maximum Gasteiger partial charge on any atom is 0.227 e. The van der Waals surface area contributed by atoms with Crippen LogP contribution in [0.5, 0.6) is 0 Å². The fourth-order valence-electron chi connectivity index (χ4n) is 3.14. The first-order valence-electron chi connectivity index (χ1n) is 8.03. The second-order valence-electron chi connectivity index (χ2n) is 6.14. The van der Waals surface area contributed by atoms with Crippen molar-refractivity contribution in [1.82, 2.24) is 29.6 Å². The van der Waals surface area contributed by atoms with Gasteiger partial charge in [-0.15, -0.1) is 0 Å². The fourth-order valence-corrected chi connectivity index (χ4v) is 3.14. The predicted octanol–water partition coefficient (Wildman–Crippen LogP) is 1.44. The average Bonchev–Trinajstić information content (AvgIpc) is 3.08. The van der Waals surface area contributed by atoms with Crippen molar-refractivity contribution in [2.24, 2.45) is 5.92 Å². The van der Waals surface area contributed by atoms with Crippen LogP contribution < -0.4 is 0 Å². The molecule has 0 bridgehead atoms. The van der Waals surface area contributed by atoms with Gasteiger partial charge in [0.15, 0.2) is 0 Å². The van der Waals surface area contributed by atoms with Gasteiger partial charge in [-0.2, -0.15) is 5.10 Å². The van der Waals surface area contributed by atoms with Crippen LogP contribution >= 0.6 is 0 Å². The first kappa shape index (κ1) is 14.7. The van der Waals surface area contributed by atoms with Crippen molar-refractivity contribution in [1.29, 1.82) is 0 Å². The number of carbonyl (C=O) groups excluding carboxylic acids is 1. The smallest absolute Gasteiger partial charge is 0.227 e. The Morgan fingerprint density at radius 1 is 1.29 bits per heavy atom. The summed E-state index contributed by atoms with van der Waals surface area (Å²) in [5, 5.41) is 4.18. The molecule has 1 aliphatic rings. The van der Waals surface area contributed by atoms with Gasteiger partial charge in [0.2, 0.25) is 5.91 Å². The SMILES string of the molecule is CN(Cc1cnc2ccccc2n1)C(=O)C1CCc2ncnn2C1. The number of hydrogen-bond donors (Lipinski definition) is 0. The van der Waals surface area contributed by atoms with E-state index in [1.54, 1.807) is 17.4 Å². The first-order valence-corrected chi connectivity index (χ1v) is 8.03. The highest BCUT2D eigenvalue weighted by atomic mass is 16.2. The summed E-state index contributed by atoms with van der Waals surface area (Å²) in [6, 6.07) is 7.74. The molecule has 1 aliphatic heterocycles. The summed E-state index contributed by atoms with van der Waals surface area (Å²) in [5.74, 6) is 1.02. The van der Waals surface area contributed by atoms with Gasteiger partial charge in [0.25, 0.3) is 0 Å². The molecule has 0 saturated carbocycles. The van der Waals surface area contributed by atoms with Crippen molar-refractivity contribution in [2.45, 2.75) is 25.9 Å². The molecule has 0 radical (unpaired) electrons. The summed E-state index contributed by atoms with van der Waals surface area (Å²) < 4.78 is 1.83. The van der Waals surface area contributed by atoms with E-state index in [-0.39, 0.29) is 11.8 Å². The van der Waals surface area contributed by atoms with Crippen LogP contribution in [-0.2, 0) is 24.3 Å².